The Morgan fingerprint density at radius 1 is 1.64 bits per heavy atom. The van der Waals surface area contributed by atoms with Crippen molar-refractivity contribution in [3.8, 4) is 0 Å². The van der Waals surface area contributed by atoms with Gasteiger partial charge in [-0.15, -0.1) is 0 Å². The maximum absolute atomic E-state index is 11.1. The van der Waals surface area contributed by atoms with Crippen molar-refractivity contribution < 1.29 is 9.53 Å². The highest BCUT2D eigenvalue weighted by molar-refractivity contribution is 5.77. The lowest BCUT2D eigenvalue weighted by atomic mass is 9.86. The predicted molar refractivity (Wildman–Crippen MR) is 55.4 cm³/mol. The van der Waals surface area contributed by atoms with E-state index in [1.807, 2.05) is 13.8 Å². The second-order valence-corrected chi connectivity index (χ2v) is 4.32. The Morgan fingerprint density at radius 2 is 2.29 bits per heavy atom. The molecule has 0 spiro atoms. The van der Waals surface area contributed by atoms with Crippen LogP contribution in [0, 0.1) is 11.8 Å². The van der Waals surface area contributed by atoms with E-state index in [1.165, 1.54) is 0 Å². The highest BCUT2D eigenvalue weighted by Crippen LogP contribution is 2.28. The SMILES string of the molecule is CC1C=C(OC(C)C)CC(C(N)=O)C1. The van der Waals surface area contributed by atoms with E-state index >= 15 is 0 Å². The second kappa shape index (κ2) is 4.49. The number of hydrogen-bond donors (Lipinski definition) is 1. The summed E-state index contributed by atoms with van der Waals surface area (Å²) in [5.41, 5.74) is 5.30. The zero-order valence-electron chi connectivity index (χ0n) is 9.12. The van der Waals surface area contributed by atoms with Crippen molar-refractivity contribution in [2.75, 3.05) is 0 Å². The van der Waals surface area contributed by atoms with Gasteiger partial charge in [0.15, 0.2) is 0 Å². The summed E-state index contributed by atoms with van der Waals surface area (Å²) < 4.78 is 5.60. The molecule has 1 aliphatic carbocycles. The van der Waals surface area contributed by atoms with Gasteiger partial charge in [0, 0.05) is 12.3 Å². The molecule has 0 aliphatic heterocycles. The summed E-state index contributed by atoms with van der Waals surface area (Å²) in [6.07, 6.45) is 3.78. The Bertz CT molecular complexity index is 246. The standard InChI is InChI=1S/C11H19NO2/c1-7(2)14-10-5-8(3)4-9(6-10)11(12)13/h5,7-9H,4,6H2,1-3H3,(H2,12,13). The van der Waals surface area contributed by atoms with Crippen LogP contribution in [0.2, 0.25) is 0 Å². The van der Waals surface area contributed by atoms with Crippen LogP contribution in [0.5, 0.6) is 0 Å². The second-order valence-electron chi connectivity index (χ2n) is 4.32. The van der Waals surface area contributed by atoms with Crippen molar-refractivity contribution >= 4 is 5.91 Å². The molecule has 2 atom stereocenters. The van der Waals surface area contributed by atoms with E-state index in [-0.39, 0.29) is 17.9 Å². The van der Waals surface area contributed by atoms with Crippen LogP contribution in [-0.4, -0.2) is 12.0 Å². The minimum atomic E-state index is -0.213. The highest BCUT2D eigenvalue weighted by Gasteiger charge is 2.25. The number of hydrogen-bond acceptors (Lipinski definition) is 2. The molecule has 0 radical (unpaired) electrons. The summed E-state index contributed by atoms with van der Waals surface area (Å²) in [6.45, 7) is 6.05. The largest absolute Gasteiger partial charge is 0.496 e. The number of ether oxygens (including phenoxy) is 1. The average molecular weight is 197 g/mol. The normalized spacial score (nSPS) is 27.3. The monoisotopic (exact) mass is 197 g/mol. The molecule has 0 saturated heterocycles. The summed E-state index contributed by atoms with van der Waals surface area (Å²) in [7, 11) is 0. The summed E-state index contributed by atoms with van der Waals surface area (Å²) in [5.74, 6) is 1.04. The number of carbonyl (C=O) groups excluding carboxylic acids is 1. The molecule has 0 aromatic heterocycles. The topological polar surface area (TPSA) is 52.3 Å². The molecule has 14 heavy (non-hydrogen) atoms. The third-order valence-corrected chi connectivity index (χ3v) is 2.36. The lowest BCUT2D eigenvalue weighted by Crippen LogP contribution is -2.28. The van der Waals surface area contributed by atoms with Crippen LogP contribution >= 0.6 is 0 Å². The third-order valence-electron chi connectivity index (χ3n) is 2.36. The Hall–Kier alpha value is -0.990. The van der Waals surface area contributed by atoms with Crippen molar-refractivity contribution in [2.24, 2.45) is 17.6 Å². The molecule has 1 rings (SSSR count). The molecule has 0 aromatic rings. The fraction of sp³-hybridized carbons (Fsp3) is 0.727. The smallest absolute Gasteiger partial charge is 0.221 e. The number of allylic oxidation sites excluding steroid dienone is 2. The first-order valence-electron chi connectivity index (χ1n) is 5.15. The Labute approximate surface area is 85.3 Å². The molecule has 0 bridgehead atoms. The van der Waals surface area contributed by atoms with Crippen molar-refractivity contribution in [1.29, 1.82) is 0 Å². The third kappa shape index (κ3) is 3.05. The van der Waals surface area contributed by atoms with E-state index in [0.717, 1.165) is 12.2 Å². The zero-order chi connectivity index (χ0) is 10.7. The molecule has 3 heteroatoms. The first kappa shape index (κ1) is 11.1. The first-order chi connectivity index (χ1) is 6.49. The Morgan fingerprint density at radius 3 is 2.79 bits per heavy atom. The van der Waals surface area contributed by atoms with E-state index in [2.05, 4.69) is 13.0 Å². The van der Waals surface area contributed by atoms with Crippen molar-refractivity contribution in [1.82, 2.24) is 0 Å². The summed E-state index contributed by atoms with van der Waals surface area (Å²) in [4.78, 5) is 11.1. The molecule has 0 heterocycles. The van der Waals surface area contributed by atoms with Gasteiger partial charge < -0.3 is 10.5 Å². The van der Waals surface area contributed by atoms with Gasteiger partial charge in [0.2, 0.25) is 5.91 Å². The van der Waals surface area contributed by atoms with E-state index in [0.29, 0.717) is 12.3 Å². The first-order valence-corrected chi connectivity index (χ1v) is 5.15. The van der Waals surface area contributed by atoms with Gasteiger partial charge in [-0.1, -0.05) is 6.92 Å². The lowest BCUT2D eigenvalue weighted by Gasteiger charge is -2.25. The highest BCUT2D eigenvalue weighted by atomic mass is 16.5. The van der Waals surface area contributed by atoms with Gasteiger partial charge in [-0.05, 0) is 32.3 Å². The number of nitrogens with two attached hydrogens (primary N) is 1. The molecule has 2 N–H and O–H groups in total. The average Bonchev–Trinajstić information content (AvgIpc) is 2.01. The Balaban J connectivity index is 2.63. The van der Waals surface area contributed by atoms with E-state index in [4.69, 9.17) is 10.5 Å². The molecule has 0 aromatic carbocycles. The summed E-state index contributed by atoms with van der Waals surface area (Å²) in [6, 6.07) is 0. The van der Waals surface area contributed by atoms with Crippen LogP contribution in [0.4, 0.5) is 0 Å². The maximum atomic E-state index is 11.1. The van der Waals surface area contributed by atoms with E-state index in [9.17, 15) is 4.79 Å². The Kier molecular flexibility index (Phi) is 3.55. The number of amides is 1. The zero-order valence-corrected chi connectivity index (χ0v) is 9.12. The van der Waals surface area contributed by atoms with Crippen LogP contribution in [-0.2, 0) is 9.53 Å². The molecular formula is C11H19NO2. The lowest BCUT2D eigenvalue weighted by molar-refractivity contribution is -0.122. The molecule has 3 nitrogen and oxygen atoms in total. The van der Waals surface area contributed by atoms with Crippen LogP contribution in [0.1, 0.15) is 33.6 Å². The molecule has 1 amide bonds. The molecule has 80 valence electrons. The van der Waals surface area contributed by atoms with Crippen LogP contribution in [0.25, 0.3) is 0 Å². The van der Waals surface area contributed by atoms with Crippen molar-refractivity contribution in [3.63, 3.8) is 0 Å². The molecule has 0 fully saturated rings. The fourth-order valence-electron chi connectivity index (χ4n) is 1.84. The molecular weight excluding hydrogens is 178 g/mol. The minimum absolute atomic E-state index is 0.0521. The van der Waals surface area contributed by atoms with Gasteiger partial charge in [0.25, 0.3) is 0 Å². The molecule has 0 saturated carbocycles. The van der Waals surface area contributed by atoms with E-state index < -0.39 is 0 Å². The summed E-state index contributed by atoms with van der Waals surface area (Å²) in [5, 5.41) is 0. The number of rotatable bonds is 3. The van der Waals surface area contributed by atoms with E-state index in [1.54, 1.807) is 0 Å². The molecule has 1 aliphatic rings. The minimum Gasteiger partial charge on any atom is -0.496 e. The predicted octanol–water partition coefficient (Wildman–Crippen LogP) is 1.83. The fourth-order valence-corrected chi connectivity index (χ4v) is 1.84. The van der Waals surface area contributed by atoms with Gasteiger partial charge in [0.05, 0.1) is 11.9 Å². The maximum Gasteiger partial charge on any atom is 0.221 e. The van der Waals surface area contributed by atoms with Gasteiger partial charge in [0.1, 0.15) is 0 Å². The van der Waals surface area contributed by atoms with Gasteiger partial charge in [-0.25, -0.2) is 0 Å². The van der Waals surface area contributed by atoms with Crippen LogP contribution < -0.4 is 5.73 Å². The number of primary amides is 1. The molecule has 2 unspecified atom stereocenters. The van der Waals surface area contributed by atoms with Crippen molar-refractivity contribution in [3.05, 3.63) is 11.8 Å². The summed E-state index contributed by atoms with van der Waals surface area (Å²) >= 11 is 0. The van der Waals surface area contributed by atoms with Crippen LogP contribution in [0.3, 0.4) is 0 Å². The van der Waals surface area contributed by atoms with Crippen molar-refractivity contribution in [2.45, 2.75) is 39.7 Å². The van der Waals surface area contributed by atoms with Gasteiger partial charge >= 0.3 is 0 Å². The number of carbonyl (C=O) groups is 1. The quantitative estimate of drug-likeness (QED) is 0.750. The van der Waals surface area contributed by atoms with Gasteiger partial charge in [-0.3, -0.25) is 4.79 Å². The van der Waals surface area contributed by atoms with Gasteiger partial charge in [-0.2, -0.15) is 0 Å². The van der Waals surface area contributed by atoms with Crippen LogP contribution in [0.15, 0.2) is 11.8 Å².